The van der Waals surface area contributed by atoms with Crippen molar-refractivity contribution in [1.29, 1.82) is 0 Å². The Morgan fingerprint density at radius 1 is 0.943 bits per heavy atom. The zero-order chi connectivity index (χ0) is 25.3. The van der Waals surface area contributed by atoms with Crippen molar-refractivity contribution in [3.8, 4) is 0 Å². The molecule has 7 nitrogen and oxygen atoms in total. The first kappa shape index (κ1) is 27.6. The smallest absolute Gasteiger partial charge is 0.394 e. The van der Waals surface area contributed by atoms with Crippen LogP contribution in [-0.2, 0) is 28.5 Å². The van der Waals surface area contributed by atoms with Gasteiger partial charge in [-0.2, -0.15) is 0 Å². The van der Waals surface area contributed by atoms with Crippen molar-refractivity contribution in [2.24, 2.45) is 0 Å². The minimum absolute atomic E-state index is 0.261. The molecule has 1 aliphatic rings. The van der Waals surface area contributed by atoms with Gasteiger partial charge < -0.3 is 19.8 Å². The van der Waals surface area contributed by atoms with Crippen LogP contribution >= 0.6 is 7.82 Å². The Labute approximate surface area is 208 Å². The lowest BCUT2D eigenvalue weighted by molar-refractivity contribution is -0.00975. The van der Waals surface area contributed by atoms with Gasteiger partial charge in [0, 0.05) is 12.1 Å². The van der Waals surface area contributed by atoms with Crippen molar-refractivity contribution in [3.05, 3.63) is 70.8 Å². The van der Waals surface area contributed by atoms with E-state index in [9.17, 15) is 24.3 Å². The monoisotopic (exact) mass is 503 g/mol. The van der Waals surface area contributed by atoms with E-state index in [1.54, 1.807) is 12.1 Å². The molecule has 0 saturated heterocycles. The average Bonchev–Trinajstić information content (AvgIpc) is 3.19. The summed E-state index contributed by atoms with van der Waals surface area (Å²) in [6.07, 6.45) is 9.44. The molecule has 192 valence electrons. The quantitative estimate of drug-likeness (QED) is 0.233. The van der Waals surface area contributed by atoms with Crippen LogP contribution in [0.3, 0.4) is 0 Å². The first-order chi connectivity index (χ1) is 16.8. The third-order valence-corrected chi connectivity index (χ3v) is 7.38. The average molecular weight is 504 g/mol. The molecule has 8 heteroatoms. The van der Waals surface area contributed by atoms with Gasteiger partial charge in [0.1, 0.15) is 0 Å². The molecule has 2 aromatic rings. The maximum Gasteiger partial charge on any atom is 0.469 e. The van der Waals surface area contributed by atoms with Gasteiger partial charge in [-0.15, -0.1) is 0 Å². The highest BCUT2D eigenvalue weighted by Crippen LogP contribution is 2.40. The normalized spacial score (nSPS) is 15.3. The van der Waals surface area contributed by atoms with Crippen molar-refractivity contribution in [3.63, 3.8) is 0 Å². The number of carbonyl (C=O) groups is 1. The fourth-order valence-electron chi connectivity index (χ4n) is 4.70. The van der Waals surface area contributed by atoms with E-state index in [4.69, 9.17) is 4.52 Å². The van der Waals surface area contributed by atoms with Crippen LogP contribution in [0.2, 0.25) is 0 Å². The molecular formula is C27H38NO6P. The highest BCUT2D eigenvalue weighted by Gasteiger charge is 2.44. The number of nitrogens with zero attached hydrogens (tertiary/aromatic N) is 1. The molecule has 0 aliphatic carbocycles. The molecule has 0 radical (unpaired) electrons. The van der Waals surface area contributed by atoms with Gasteiger partial charge in [0.25, 0.3) is 5.91 Å². The minimum atomic E-state index is -4.78. The van der Waals surface area contributed by atoms with Crippen LogP contribution in [0.1, 0.15) is 78.9 Å². The first-order valence-corrected chi connectivity index (χ1v) is 14.1. The second-order valence-corrected chi connectivity index (χ2v) is 10.8. The Morgan fingerprint density at radius 2 is 1.57 bits per heavy atom. The van der Waals surface area contributed by atoms with Crippen molar-refractivity contribution in [1.82, 2.24) is 4.90 Å². The molecule has 3 N–H and O–H groups in total. The van der Waals surface area contributed by atoms with Gasteiger partial charge >= 0.3 is 7.82 Å². The van der Waals surface area contributed by atoms with Crippen LogP contribution in [0.25, 0.3) is 0 Å². The van der Waals surface area contributed by atoms with Gasteiger partial charge in [0.2, 0.25) is 0 Å². The summed E-state index contributed by atoms with van der Waals surface area (Å²) in [5, 5.41) is 10.4. The number of aliphatic hydroxyl groups is 1. The Morgan fingerprint density at radius 3 is 2.20 bits per heavy atom. The number of hydrogen-bond donors (Lipinski definition) is 3. The van der Waals surface area contributed by atoms with Gasteiger partial charge in [-0.25, -0.2) is 4.57 Å². The van der Waals surface area contributed by atoms with Crippen molar-refractivity contribution < 1.29 is 28.8 Å². The Kier molecular flexibility index (Phi) is 10.1. The van der Waals surface area contributed by atoms with E-state index in [1.807, 2.05) is 12.1 Å². The number of carbonyl (C=O) groups excluding carboxylic acids is 1. The number of unbranched alkanes of at least 4 members (excludes halogenated alkanes) is 5. The lowest BCUT2D eigenvalue weighted by Crippen LogP contribution is -2.55. The zero-order valence-electron chi connectivity index (χ0n) is 20.6. The summed E-state index contributed by atoms with van der Waals surface area (Å²) in [7, 11) is -4.78. The minimum Gasteiger partial charge on any atom is -0.394 e. The van der Waals surface area contributed by atoms with Crippen molar-refractivity contribution in [2.45, 2.75) is 76.8 Å². The third kappa shape index (κ3) is 7.73. The molecule has 3 rings (SSSR count). The number of aliphatic hydroxyl groups excluding tert-OH is 1. The molecule has 1 heterocycles. The van der Waals surface area contributed by atoms with E-state index in [0.717, 1.165) is 17.5 Å². The summed E-state index contributed by atoms with van der Waals surface area (Å²) in [5.41, 5.74) is 2.43. The van der Waals surface area contributed by atoms with Crippen LogP contribution in [-0.4, -0.2) is 44.5 Å². The van der Waals surface area contributed by atoms with Gasteiger partial charge in [-0.05, 0) is 48.4 Å². The van der Waals surface area contributed by atoms with E-state index in [2.05, 4.69) is 31.2 Å². The van der Waals surface area contributed by atoms with E-state index < -0.39 is 26.6 Å². The molecule has 1 unspecified atom stereocenters. The molecule has 1 atom stereocenters. The maximum atomic E-state index is 13.1. The SMILES string of the molecule is CCCCCCCCc1ccc(CCC(CO)(COP(=O)(O)O)N2Cc3ccccc3C2=O)cc1. The molecule has 1 aliphatic heterocycles. The number of aryl methyl sites for hydroxylation is 2. The van der Waals surface area contributed by atoms with Gasteiger partial charge in [0.15, 0.2) is 0 Å². The number of fused-ring (bicyclic) bond motifs is 1. The maximum absolute atomic E-state index is 13.1. The van der Waals surface area contributed by atoms with Crippen LogP contribution in [0.15, 0.2) is 48.5 Å². The predicted octanol–water partition coefficient (Wildman–Crippen LogP) is 5.02. The van der Waals surface area contributed by atoms with Gasteiger partial charge in [-0.3, -0.25) is 9.32 Å². The molecule has 35 heavy (non-hydrogen) atoms. The Bertz CT molecular complexity index is 1000. The second-order valence-electron chi connectivity index (χ2n) is 9.53. The number of phosphoric acid groups is 1. The van der Waals surface area contributed by atoms with Crippen molar-refractivity contribution in [2.75, 3.05) is 13.2 Å². The first-order valence-electron chi connectivity index (χ1n) is 12.6. The number of rotatable bonds is 15. The van der Waals surface area contributed by atoms with Crippen LogP contribution in [0.5, 0.6) is 0 Å². The molecule has 0 fully saturated rings. The Hall–Kier alpha value is -2.02. The molecule has 0 aromatic heterocycles. The Balaban J connectivity index is 1.66. The van der Waals surface area contributed by atoms with Crippen LogP contribution in [0, 0.1) is 0 Å². The summed E-state index contributed by atoms with van der Waals surface area (Å²) in [6.45, 7) is 1.56. The van der Waals surface area contributed by atoms with Gasteiger partial charge in [0.05, 0.1) is 18.8 Å². The van der Waals surface area contributed by atoms with E-state index in [0.29, 0.717) is 18.4 Å². The standard InChI is InChI=1S/C27H38NO6P/c1-2-3-4-5-6-7-10-22-13-15-23(16-14-22)17-18-27(20-29,21-34-35(31,32)33)28-19-24-11-8-9-12-25(24)26(28)30/h8-9,11-16,29H,2-7,10,17-21H2,1H3,(H2,31,32,33). The summed E-state index contributed by atoms with van der Waals surface area (Å²) >= 11 is 0. The van der Waals surface area contributed by atoms with Crippen molar-refractivity contribution >= 4 is 13.7 Å². The number of phosphoric ester groups is 1. The van der Waals surface area contributed by atoms with E-state index >= 15 is 0 Å². The largest absolute Gasteiger partial charge is 0.469 e. The lowest BCUT2D eigenvalue weighted by Gasteiger charge is -2.40. The van der Waals surface area contributed by atoms with Gasteiger partial charge in [-0.1, -0.05) is 81.5 Å². The zero-order valence-corrected chi connectivity index (χ0v) is 21.5. The summed E-state index contributed by atoms with van der Waals surface area (Å²) in [5.74, 6) is -0.266. The highest BCUT2D eigenvalue weighted by atomic mass is 31.2. The topological polar surface area (TPSA) is 107 Å². The molecule has 0 saturated carbocycles. The molecule has 1 amide bonds. The lowest BCUT2D eigenvalue weighted by atomic mass is 9.90. The van der Waals surface area contributed by atoms with Crippen LogP contribution in [0.4, 0.5) is 0 Å². The fourth-order valence-corrected chi connectivity index (χ4v) is 5.10. The highest BCUT2D eigenvalue weighted by molar-refractivity contribution is 7.46. The number of amides is 1. The summed E-state index contributed by atoms with van der Waals surface area (Å²) in [4.78, 5) is 33.3. The number of benzene rings is 2. The summed E-state index contributed by atoms with van der Waals surface area (Å²) in [6, 6.07) is 15.5. The second kappa shape index (κ2) is 12.8. The molecule has 2 aromatic carbocycles. The van der Waals surface area contributed by atoms with E-state index in [-0.39, 0.29) is 12.5 Å². The number of hydrogen-bond acceptors (Lipinski definition) is 4. The summed E-state index contributed by atoms with van der Waals surface area (Å²) < 4.78 is 16.3. The molecular weight excluding hydrogens is 465 g/mol. The molecule has 0 bridgehead atoms. The van der Waals surface area contributed by atoms with E-state index in [1.165, 1.54) is 49.0 Å². The third-order valence-electron chi connectivity index (χ3n) is 6.91. The van der Waals surface area contributed by atoms with Crippen LogP contribution < -0.4 is 0 Å². The molecule has 0 spiro atoms. The fraction of sp³-hybridized carbons (Fsp3) is 0.519. The predicted molar refractivity (Wildman–Crippen MR) is 136 cm³/mol.